The highest BCUT2D eigenvalue weighted by Gasteiger charge is 2.48. The van der Waals surface area contributed by atoms with Gasteiger partial charge in [0.15, 0.2) is 11.6 Å². The van der Waals surface area contributed by atoms with E-state index in [0.29, 0.717) is 56.5 Å². The Kier molecular flexibility index (Phi) is 11.0. The molecule has 0 unspecified atom stereocenters. The molecule has 0 aliphatic carbocycles. The number of anilines is 1. The number of ether oxygens (including phenoxy) is 1. The van der Waals surface area contributed by atoms with Crippen molar-refractivity contribution in [1.82, 2.24) is 29.0 Å². The van der Waals surface area contributed by atoms with Crippen molar-refractivity contribution >= 4 is 27.7 Å². The molecule has 4 aliphatic rings. The molecule has 2 aromatic rings. The summed E-state index contributed by atoms with van der Waals surface area (Å²) >= 11 is 0. The van der Waals surface area contributed by atoms with Gasteiger partial charge in [-0.15, -0.1) is 0 Å². The maximum absolute atomic E-state index is 14.4. The number of rotatable bonds is 11. The minimum absolute atomic E-state index is 0.0769. The fraction of sp³-hybridized carbons (Fsp3) is 0.622. The molecule has 4 aliphatic heterocycles. The summed E-state index contributed by atoms with van der Waals surface area (Å²) in [7, 11) is -3.39. The van der Waals surface area contributed by atoms with Gasteiger partial charge in [-0.25, -0.2) is 27.1 Å². The second-order valence-corrected chi connectivity index (χ2v) is 17.5. The average molecular weight is 726 g/mol. The average Bonchev–Trinajstić information content (AvgIpc) is 3.56. The highest BCUT2D eigenvalue weighted by molar-refractivity contribution is 7.89. The van der Waals surface area contributed by atoms with Crippen LogP contribution in [0.5, 0.6) is 11.5 Å². The number of sulfonamides is 1. The summed E-state index contributed by atoms with van der Waals surface area (Å²) in [6, 6.07) is 3.85. The van der Waals surface area contributed by atoms with Crippen LogP contribution < -0.4 is 9.64 Å². The van der Waals surface area contributed by atoms with E-state index >= 15 is 0 Å². The standard InChI is InChI=1S/C37H52FN7O5S/c1-6-34(46)42-15-10-30(11-16-42)51(48,49)44-17-12-37(13-18-44)23-41(24-37)21-28-9-14-43(22-28)35-33(20-39-25-40-35)50-32-8-7-29(38)19-31(32)36(47)45(26(2)3)27(4)5/h6-8,19-20,25-28,30H,1,9-18,21-24H2,2-5H3/t28-/m0/s1. The third-order valence-corrected chi connectivity index (χ3v) is 13.5. The molecule has 4 fully saturated rings. The molecule has 4 saturated heterocycles. The van der Waals surface area contributed by atoms with Crippen LogP contribution >= 0.6 is 0 Å². The van der Waals surface area contributed by atoms with Gasteiger partial charge in [-0.1, -0.05) is 6.58 Å². The van der Waals surface area contributed by atoms with Gasteiger partial charge in [-0.05, 0) is 95.4 Å². The van der Waals surface area contributed by atoms with Crippen LogP contribution in [0, 0.1) is 17.2 Å². The largest absolute Gasteiger partial charge is 0.451 e. The van der Waals surface area contributed by atoms with E-state index in [1.54, 1.807) is 20.3 Å². The lowest BCUT2D eigenvalue weighted by Crippen LogP contribution is -2.62. The van der Waals surface area contributed by atoms with Gasteiger partial charge in [0.25, 0.3) is 5.91 Å². The molecule has 278 valence electrons. The molecular weight excluding hydrogens is 674 g/mol. The molecule has 12 nitrogen and oxygen atoms in total. The molecule has 0 saturated carbocycles. The molecule has 1 aromatic carbocycles. The van der Waals surface area contributed by atoms with Gasteiger partial charge in [-0.2, -0.15) is 0 Å². The number of carbonyl (C=O) groups excluding carboxylic acids is 2. The zero-order valence-corrected chi connectivity index (χ0v) is 31.2. The number of hydrogen-bond acceptors (Lipinski definition) is 9. The maximum atomic E-state index is 14.4. The third-order valence-electron chi connectivity index (χ3n) is 11.1. The lowest BCUT2D eigenvalue weighted by molar-refractivity contribution is -0.126. The molecule has 0 bridgehead atoms. The van der Waals surface area contributed by atoms with Crippen molar-refractivity contribution in [2.45, 2.75) is 77.1 Å². The summed E-state index contributed by atoms with van der Waals surface area (Å²) in [5.74, 6) is 0.805. The first-order valence-corrected chi connectivity index (χ1v) is 19.8. The molecule has 51 heavy (non-hydrogen) atoms. The second-order valence-electron chi connectivity index (χ2n) is 15.3. The normalized spacial score (nSPS) is 21.7. The molecule has 1 spiro atoms. The Morgan fingerprint density at radius 2 is 1.73 bits per heavy atom. The monoisotopic (exact) mass is 725 g/mol. The van der Waals surface area contributed by atoms with Gasteiger partial charge in [0, 0.05) is 71.0 Å². The zero-order chi connectivity index (χ0) is 36.5. The lowest BCUT2D eigenvalue weighted by Gasteiger charge is -2.54. The number of amides is 2. The molecule has 0 radical (unpaired) electrons. The van der Waals surface area contributed by atoms with E-state index in [1.165, 1.54) is 30.6 Å². The van der Waals surface area contributed by atoms with Crippen molar-refractivity contribution in [3.63, 3.8) is 0 Å². The van der Waals surface area contributed by atoms with Crippen LogP contribution in [-0.2, 0) is 14.8 Å². The van der Waals surface area contributed by atoms with Crippen LogP contribution in [0.15, 0.2) is 43.4 Å². The molecule has 14 heteroatoms. The van der Waals surface area contributed by atoms with Crippen LogP contribution in [0.4, 0.5) is 10.2 Å². The number of piperidine rings is 2. The highest BCUT2D eigenvalue weighted by atomic mass is 32.2. The topological polar surface area (TPSA) is 119 Å². The van der Waals surface area contributed by atoms with Gasteiger partial charge >= 0.3 is 0 Å². The molecule has 5 heterocycles. The van der Waals surface area contributed by atoms with Crippen molar-refractivity contribution in [3.8, 4) is 11.5 Å². The molecule has 1 atom stereocenters. The van der Waals surface area contributed by atoms with E-state index in [-0.39, 0.29) is 40.6 Å². The van der Waals surface area contributed by atoms with Crippen LogP contribution in [0.3, 0.4) is 0 Å². The van der Waals surface area contributed by atoms with Gasteiger partial charge in [0.2, 0.25) is 15.9 Å². The summed E-state index contributed by atoms with van der Waals surface area (Å²) in [6.45, 7) is 17.8. The Balaban J connectivity index is 1.02. The van der Waals surface area contributed by atoms with Crippen LogP contribution in [-0.4, -0.2) is 125 Å². The molecule has 2 amide bonds. The Bertz CT molecular complexity index is 1690. The summed E-state index contributed by atoms with van der Waals surface area (Å²) in [6.07, 6.45) is 8.05. The molecular formula is C37H52FN7O5S. The van der Waals surface area contributed by atoms with E-state index in [2.05, 4.69) is 26.3 Å². The van der Waals surface area contributed by atoms with Gasteiger partial charge in [-0.3, -0.25) is 9.59 Å². The highest BCUT2D eigenvalue weighted by Crippen LogP contribution is 2.43. The number of nitrogens with zero attached hydrogens (tertiary/aromatic N) is 7. The van der Waals surface area contributed by atoms with Gasteiger partial charge in [0.05, 0.1) is 17.0 Å². The van der Waals surface area contributed by atoms with Crippen molar-refractivity contribution in [2.24, 2.45) is 11.3 Å². The molecule has 0 N–H and O–H groups in total. The minimum atomic E-state index is -3.39. The van der Waals surface area contributed by atoms with E-state index in [0.717, 1.165) is 52.0 Å². The molecule has 1 aromatic heterocycles. The van der Waals surface area contributed by atoms with Gasteiger partial charge < -0.3 is 24.3 Å². The number of benzene rings is 1. The van der Waals surface area contributed by atoms with Crippen molar-refractivity contribution < 1.29 is 27.1 Å². The van der Waals surface area contributed by atoms with Crippen LogP contribution in [0.2, 0.25) is 0 Å². The Hall–Kier alpha value is -3.62. The number of aromatic nitrogens is 2. The number of hydrogen-bond donors (Lipinski definition) is 0. The van der Waals surface area contributed by atoms with Crippen molar-refractivity contribution in [1.29, 1.82) is 0 Å². The summed E-state index contributed by atoms with van der Waals surface area (Å²) < 4.78 is 49.3. The van der Waals surface area contributed by atoms with E-state index in [4.69, 9.17) is 4.74 Å². The Labute approximate surface area is 301 Å². The van der Waals surface area contributed by atoms with Crippen LogP contribution in [0.1, 0.15) is 70.2 Å². The summed E-state index contributed by atoms with van der Waals surface area (Å²) in [5, 5.41) is -0.426. The smallest absolute Gasteiger partial charge is 0.258 e. The Morgan fingerprint density at radius 3 is 2.37 bits per heavy atom. The Morgan fingerprint density at radius 1 is 1.04 bits per heavy atom. The minimum Gasteiger partial charge on any atom is -0.451 e. The fourth-order valence-electron chi connectivity index (χ4n) is 8.52. The fourth-order valence-corrected chi connectivity index (χ4v) is 10.4. The molecule has 6 rings (SSSR count). The lowest BCUT2D eigenvalue weighted by atomic mass is 9.72. The van der Waals surface area contributed by atoms with Crippen molar-refractivity contribution in [3.05, 3.63) is 54.8 Å². The van der Waals surface area contributed by atoms with Crippen LogP contribution in [0.25, 0.3) is 0 Å². The number of halogens is 1. The van der Waals surface area contributed by atoms with E-state index in [1.807, 2.05) is 27.7 Å². The van der Waals surface area contributed by atoms with Gasteiger partial charge in [0.1, 0.15) is 17.9 Å². The number of likely N-dealkylation sites (tertiary alicyclic amines) is 2. The first-order valence-electron chi connectivity index (χ1n) is 18.3. The predicted octanol–water partition coefficient (Wildman–Crippen LogP) is 4.40. The number of carbonyl (C=O) groups is 2. The summed E-state index contributed by atoms with van der Waals surface area (Å²) in [4.78, 5) is 42.3. The van der Waals surface area contributed by atoms with Crippen molar-refractivity contribution in [2.75, 3.05) is 63.8 Å². The quantitative estimate of drug-likeness (QED) is 0.311. The summed E-state index contributed by atoms with van der Waals surface area (Å²) in [5.41, 5.74) is 0.326. The first kappa shape index (κ1) is 37.1. The first-order chi connectivity index (χ1) is 24.3. The SMILES string of the molecule is C=CC(=O)N1CCC(S(=O)(=O)N2CCC3(CC2)CN(C[C@@H]2CCN(c4ncncc4Oc4ccc(F)cc4C(=O)N(C(C)C)C(C)C)C2)C3)CC1. The maximum Gasteiger partial charge on any atom is 0.258 e. The third kappa shape index (κ3) is 7.92. The zero-order valence-electron chi connectivity index (χ0n) is 30.3. The van der Waals surface area contributed by atoms with E-state index in [9.17, 15) is 22.4 Å². The second kappa shape index (κ2) is 15.2. The van der Waals surface area contributed by atoms with E-state index < -0.39 is 21.1 Å². The predicted molar refractivity (Wildman–Crippen MR) is 194 cm³/mol.